The Labute approximate surface area is 196 Å². The molecular weight excluding hydrogens is 442 g/mol. The first-order valence-corrected chi connectivity index (χ1v) is 13.7. The molecule has 33 heavy (non-hydrogen) atoms. The van der Waals surface area contributed by atoms with Gasteiger partial charge in [0.05, 0.1) is 4.90 Å². The van der Waals surface area contributed by atoms with E-state index in [0.717, 1.165) is 31.7 Å². The van der Waals surface area contributed by atoms with Gasteiger partial charge in [-0.2, -0.15) is 0 Å². The number of halogens is 2. The van der Waals surface area contributed by atoms with E-state index < -0.39 is 21.7 Å². The molecule has 4 nitrogen and oxygen atoms in total. The first kappa shape index (κ1) is 24.3. The normalized spacial score (nSPS) is 22.0. The molecule has 0 atom stereocenters. The highest BCUT2D eigenvalue weighted by atomic mass is 32.2. The number of rotatable bonds is 9. The molecule has 0 spiro atoms. The van der Waals surface area contributed by atoms with Crippen LogP contribution < -0.4 is 4.72 Å². The van der Waals surface area contributed by atoms with Crippen molar-refractivity contribution >= 4 is 10.0 Å². The van der Waals surface area contributed by atoms with Crippen LogP contribution in [-0.2, 0) is 10.0 Å². The second-order valence-electron chi connectivity index (χ2n) is 9.53. The molecule has 2 aliphatic rings. The Morgan fingerprint density at radius 3 is 2.27 bits per heavy atom. The maximum Gasteiger partial charge on any atom is 0.240 e. The monoisotopic (exact) mass is 476 g/mol. The van der Waals surface area contributed by atoms with Gasteiger partial charge in [-0.3, -0.25) is 0 Å². The zero-order chi connectivity index (χ0) is 23.3. The Balaban J connectivity index is 1.24. The minimum Gasteiger partial charge on any atom is -0.303 e. The Morgan fingerprint density at radius 2 is 1.61 bits per heavy atom. The van der Waals surface area contributed by atoms with E-state index in [9.17, 15) is 17.2 Å². The van der Waals surface area contributed by atoms with E-state index in [1.165, 1.54) is 76.0 Å². The van der Waals surface area contributed by atoms with Crippen molar-refractivity contribution in [2.75, 3.05) is 19.6 Å². The van der Waals surface area contributed by atoms with Crippen molar-refractivity contribution in [1.82, 2.24) is 9.62 Å². The maximum absolute atomic E-state index is 14.0. The zero-order valence-corrected chi connectivity index (χ0v) is 19.9. The van der Waals surface area contributed by atoms with Crippen LogP contribution in [0.5, 0.6) is 0 Å². The largest absolute Gasteiger partial charge is 0.303 e. The second-order valence-corrected chi connectivity index (χ2v) is 11.2. The summed E-state index contributed by atoms with van der Waals surface area (Å²) >= 11 is 0. The van der Waals surface area contributed by atoms with Crippen molar-refractivity contribution in [3.05, 3.63) is 54.1 Å². The van der Waals surface area contributed by atoms with Crippen LogP contribution in [-0.4, -0.2) is 39.0 Å². The summed E-state index contributed by atoms with van der Waals surface area (Å²) in [7, 11) is -3.63. The van der Waals surface area contributed by atoms with Crippen LogP contribution in [0.2, 0.25) is 0 Å². The smallest absolute Gasteiger partial charge is 0.240 e. The van der Waals surface area contributed by atoms with E-state index >= 15 is 0 Å². The molecule has 2 aromatic rings. The van der Waals surface area contributed by atoms with Gasteiger partial charge in [-0.25, -0.2) is 21.9 Å². The maximum atomic E-state index is 14.0. The van der Waals surface area contributed by atoms with Gasteiger partial charge in [0.1, 0.15) is 11.6 Å². The third-order valence-corrected chi connectivity index (χ3v) is 8.65. The van der Waals surface area contributed by atoms with Crippen molar-refractivity contribution in [2.45, 2.75) is 68.7 Å². The highest BCUT2D eigenvalue weighted by Crippen LogP contribution is 2.30. The number of likely N-dealkylation sites (tertiary alicyclic amines) is 1. The Morgan fingerprint density at radius 1 is 0.909 bits per heavy atom. The number of sulfonamides is 1. The summed E-state index contributed by atoms with van der Waals surface area (Å²) < 4.78 is 55.7. The molecule has 2 fully saturated rings. The number of hydrogen-bond donors (Lipinski definition) is 1. The fraction of sp³-hybridized carbons (Fsp3) is 0.538. The van der Waals surface area contributed by atoms with E-state index in [-0.39, 0.29) is 16.5 Å². The lowest BCUT2D eigenvalue weighted by molar-refractivity contribution is 0.279. The third-order valence-electron chi connectivity index (χ3n) is 7.11. The van der Waals surface area contributed by atoms with Crippen molar-refractivity contribution in [3.8, 4) is 11.1 Å². The van der Waals surface area contributed by atoms with E-state index in [1.54, 1.807) is 12.1 Å². The van der Waals surface area contributed by atoms with Crippen molar-refractivity contribution < 1.29 is 17.2 Å². The number of nitrogens with one attached hydrogen (secondary N) is 1. The summed E-state index contributed by atoms with van der Waals surface area (Å²) in [5, 5.41) is 0. The number of benzene rings is 2. The first-order valence-electron chi connectivity index (χ1n) is 12.2. The summed E-state index contributed by atoms with van der Waals surface area (Å²) in [6.07, 6.45) is 10.3. The lowest BCUT2D eigenvalue weighted by Crippen LogP contribution is -2.37. The van der Waals surface area contributed by atoms with Gasteiger partial charge in [0.2, 0.25) is 10.0 Å². The minimum absolute atomic E-state index is 0.0370. The standard InChI is InChI=1S/C26H34F2N2O2S/c27-22-10-15-25(26(28)19-22)21-8-13-24(14-9-21)33(31,32)29-23-11-6-20(7-12-23)5-1-2-16-30-17-3-4-18-30/h8-10,13-15,19-20,23,29H,1-7,11-12,16-18H2. The summed E-state index contributed by atoms with van der Waals surface area (Å²) in [6, 6.07) is 9.41. The first-order chi connectivity index (χ1) is 15.9. The van der Waals surface area contributed by atoms with Crippen molar-refractivity contribution in [3.63, 3.8) is 0 Å². The van der Waals surface area contributed by atoms with Gasteiger partial charge in [0.25, 0.3) is 0 Å². The molecule has 1 heterocycles. The molecule has 1 aliphatic carbocycles. The third kappa shape index (κ3) is 6.61. The Hall–Kier alpha value is -1.83. The molecule has 4 rings (SSSR count). The SMILES string of the molecule is O=S(=O)(NC1CCC(CCCCN2CCCC2)CC1)c1ccc(-c2ccc(F)cc2F)cc1. The molecule has 7 heteroatoms. The van der Waals surface area contributed by atoms with Gasteiger partial charge in [-0.05, 0) is 100 Å². The van der Waals surface area contributed by atoms with Crippen LogP contribution >= 0.6 is 0 Å². The molecule has 0 aromatic heterocycles. The van der Waals surface area contributed by atoms with E-state index in [4.69, 9.17) is 0 Å². The lowest BCUT2D eigenvalue weighted by Gasteiger charge is -2.29. The van der Waals surface area contributed by atoms with Crippen LogP contribution in [0, 0.1) is 17.6 Å². The zero-order valence-electron chi connectivity index (χ0n) is 19.1. The van der Waals surface area contributed by atoms with Gasteiger partial charge in [0.15, 0.2) is 0 Å². The van der Waals surface area contributed by atoms with E-state index in [2.05, 4.69) is 9.62 Å². The molecular formula is C26H34F2N2O2S. The fourth-order valence-corrected chi connectivity index (χ4v) is 6.47. The van der Waals surface area contributed by atoms with Gasteiger partial charge >= 0.3 is 0 Å². The molecule has 180 valence electrons. The van der Waals surface area contributed by atoms with Crippen LogP contribution in [0.4, 0.5) is 8.78 Å². The quantitative estimate of drug-likeness (QED) is 0.470. The average molecular weight is 477 g/mol. The number of unbranched alkanes of at least 4 members (excludes halogenated alkanes) is 1. The highest BCUT2D eigenvalue weighted by Gasteiger charge is 2.25. The minimum atomic E-state index is -3.63. The van der Waals surface area contributed by atoms with Gasteiger partial charge in [0, 0.05) is 17.7 Å². The summed E-state index contributed by atoms with van der Waals surface area (Å²) in [5.74, 6) is -0.609. The molecule has 0 amide bonds. The van der Waals surface area contributed by atoms with Crippen molar-refractivity contribution in [1.29, 1.82) is 0 Å². The molecule has 1 aliphatic heterocycles. The molecule has 1 saturated heterocycles. The van der Waals surface area contributed by atoms with E-state index in [0.29, 0.717) is 11.5 Å². The van der Waals surface area contributed by atoms with Gasteiger partial charge in [-0.15, -0.1) is 0 Å². The molecule has 1 N–H and O–H groups in total. The average Bonchev–Trinajstić information content (AvgIpc) is 3.31. The van der Waals surface area contributed by atoms with Crippen LogP contribution in [0.3, 0.4) is 0 Å². The Kier molecular flexibility index (Phi) is 8.15. The summed E-state index contributed by atoms with van der Waals surface area (Å²) in [6.45, 7) is 3.75. The summed E-state index contributed by atoms with van der Waals surface area (Å²) in [4.78, 5) is 2.73. The number of hydrogen-bond acceptors (Lipinski definition) is 3. The lowest BCUT2D eigenvalue weighted by atomic mass is 9.83. The predicted molar refractivity (Wildman–Crippen MR) is 127 cm³/mol. The van der Waals surface area contributed by atoms with Crippen LogP contribution in [0.25, 0.3) is 11.1 Å². The molecule has 1 saturated carbocycles. The summed E-state index contributed by atoms with van der Waals surface area (Å²) in [5.41, 5.74) is 0.753. The van der Waals surface area contributed by atoms with Gasteiger partial charge < -0.3 is 4.90 Å². The fourth-order valence-electron chi connectivity index (χ4n) is 5.17. The molecule has 0 radical (unpaired) electrons. The predicted octanol–water partition coefficient (Wildman–Crippen LogP) is 5.74. The second kappa shape index (κ2) is 11.1. The van der Waals surface area contributed by atoms with Crippen LogP contribution in [0.1, 0.15) is 57.8 Å². The van der Waals surface area contributed by atoms with Crippen LogP contribution in [0.15, 0.2) is 47.4 Å². The topological polar surface area (TPSA) is 49.4 Å². The molecule has 0 unspecified atom stereocenters. The highest BCUT2D eigenvalue weighted by molar-refractivity contribution is 7.89. The molecule has 2 aromatic carbocycles. The van der Waals surface area contributed by atoms with Crippen molar-refractivity contribution in [2.24, 2.45) is 5.92 Å². The Bertz CT molecular complexity index is 1010. The molecule has 0 bridgehead atoms. The van der Waals surface area contributed by atoms with E-state index in [1.807, 2.05) is 0 Å². The number of nitrogens with zero attached hydrogens (tertiary/aromatic N) is 1. The van der Waals surface area contributed by atoms with Gasteiger partial charge in [-0.1, -0.05) is 25.0 Å².